The fourth-order valence-corrected chi connectivity index (χ4v) is 1.72. The summed E-state index contributed by atoms with van der Waals surface area (Å²) in [4.78, 5) is 8.37. The van der Waals surface area contributed by atoms with Crippen LogP contribution in [-0.2, 0) is 0 Å². The largest absolute Gasteiger partial charge is 0.328 e. The second kappa shape index (κ2) is 5.19. The molecule has 1 atom stereocenters. The second-order valence-electron chi connectivity index (χ2n) is 3.16. The SMILES string of the molecule is Cc1cnc(SCCC(C)N)nc1. The van der Waals surface area contributed by atoms with Gasteiger partial charge in [0, 0.05) is 24.2 Å². The summed E-state index contributed by atoms with van der Waals surface area (Å²) in [5.41, 5.74) is 6.72. The van der Waals surface area contributed by atoms with Gasteiger partial charge in [-0.1, -0.05) is 11.8 Å². The Morgan fingerprint density at radius 2 is 2.08 bits per heavy atom. The summed E-state index contributed by atoms with van der Waals surface area (Å²) in [5, 5.41) is 0.839. The van der Waals surface area contributed by atoms with E-state index in [0.29, 0.717) is 0 Å². The predicted molar refractivity (Wildman–Crippen MR) is 55.8 cm³/mol. The Bertz CT molecular complexity index is 246. The molecule has 0 saturated carbocycles. The van der Waals surface area contributed by atoms with Gasteiger partial charge in [0.05, 0.1) is 0 Å². The molecule has 0 saturated heterocycles. The zero-order chi connectivity index (χ0) is 9.68. The summed E-state index contributed by atoms with van der Waals surface area (Å²) in [5.74, 6) is 0.987. The molecule has 0 radical (unpaired) electrons. The molecule has 0 spiro atoms. The van der Waals surface area contributed by atoms with Crippen LogP contribution in [-0.4, -0.2) is 21.8 Å². The van der Waals surface area contributed by atoms with Gasteiger partial charge in [0.25, 0.3) is 0 Å². The molecule has 0 fully saturated rings. The Kier molecular flexibility index (Phi) is 4.18. The predicted octanol–water partition coefficient (Wildman–Crippen LogP) is 1.61. The summed E-state index contributed by atoms with van der Waals surface area (Å²) in [6.45, 7) is 3.99. The van der Waals surface area contributed by atoms with Crippen molar-refractivity contribution in [2.24, 2.45) is 5.73 Å². The van der Waals surface area contributed by atoms with Gasteiger partial charge in [0.2, 0.25) is 0 Å². The van der Waals surface area contributed by atoms with Crippen molar-refractivity contribution in [1.29, 1.82) is 0 Å². The lowest BCUT2D eigenvalue weighted by Gasteiger charge is -2.03. The maximum Gasteiger partial charge on any atom is 0.187 e. The molecule has 0 aliphatic heterocycles. The van der Waals surface area contributed by atoms with Crippen LogP contribution in [0.25, 0.3) is 0 Å². The molecular weight excluding hydrogens is 182 g/mol. The normalized spacial score (nSPS) is 12.8. The van der Waals surface area contributed by atoms with E-state index >= 15 is 0 Å². The quantitative estimate of drug-likeness (QED) is 0.588. The number of rotatable bonds is 4. The van der Waals surface area contributed by atoms with Crippen LogP contribution in [0.2, 0.25) is 0 Å². The van der Waals surface area contributed by atoms with Gasteiger partial charge >= 0.3 is 0 Å². The number of hydrogen-bond acceptors (Lipinski definition) is 4. The Morgan fingerprint density at radius 3 is 2.62 bits per heavy atom. The molecule has 3 nitrogen and oxygen atoms in total. The molecule has 2 N–H and O–H groups in total. The third kappa shape index (κ3) is 4.24. The minimum Gasteiger partial charge on any atom is -0.328 e. The van der Waals surface area contributed by atoms with E-state index in [-0.39, 0.29) is 6.04 Å². The Hall–Kier alpha value is -0.610. The minimum atomic E-state index is 0.262. The van der Waals surface area contributed by atoms with Gasteiger partial charge in [-0.2, -0.15) is 0 Å². The zero-order valence-corrected chi connectivity index (χ0v) is 8.84. The molecule has 0 aliphatic carbocycles. The average Bonchev–Trinajstić information content (AvgIpc) is 2.08. The highest BCUT2D eigenvalue weighted by molar-refractivity contribution is 7.99. The molecule has 4 heteroatoms. The first-order valence-corrected chi connectivity index (χ1v) is 5.34. The van der Waals surface area contributed by atoms with Crippen molar-refractivity contribution in [3.05, 3.63) is 18.0 Å². The van der Waals surface area contributed by atoms with Gasteiger partial charge in [-0.05, 0) is 25.8 Å². The maximum absolute atomic E-state index is 5.63. The van der Waals surface area contributed by atoms with Crippen LogP contribution in [0.5, 0.6) is 0 Å². The van der Waals surface area contributed by atoms with Crippen LogP contribution >= 0.6 is 11.8 Å². The molecule has 1 rings (SSSR count). The molecule has 72 valence electrons. The Morgan fingerprint density at radius 1 is 1.46 bits per heavy atom. The van der Waals surface area contributed by atoms with Crippen LogP contribution in [0.3, 0.4) is 0 Å². The van der Waals surface area contributed by atoms with E-state index < -0.39 is 0 Å². The molecule has 1 heterocycles. The molecule has 0 aromatic carbocycles. The summed E-state index contributed by atoms with van der Waals surface area (Å²) in [7, 11) is 0. The van der Waals surface area contributed by atoms with Gasteiger partial charge in [-0.15, -0.1) is 0 Å². The lowest BCUT2D eigenvalue weighted by molar-refractivity contribution is 0.720. The third-order valence-corrected chi connectivity index (χ3v) is 2.47. The molecular formula is C9H15N3S. The number of thioether (sulfide) groups is 1. The van der Waals surface area contributed by atoms with Crippen LogP contribution in [0.1, 0.15) is 18.9 Å². The van der Waals surface area contributed by atoms with Gasteiger partial charge in [0.1, 0.15) is 0 Å². The van der Waals surface area contributed by atoms with Crippen LogP contribution in [0.4, 0.5) is 0 Å². The molecule has 1 aromatic heterocycles. The van der Waals surface area contributed by atoms with Crippen molar-refractivity contribution in [2.45, 2.75) is 31.5 Å². The van der Waals surface area contributed by atoms with Crippen LogP contribution < -0.4 is 5.73 Å². The van der Waals surface area contributed by atoms with Crippen molar-refractivity contribution < 1.29 is 0 Å². The summed E-state index contributed by atoms with van der Waals surface area (Å²) < 4.78 is 0. The lowest BCUT2D eigenvalue weighted by atomic mass is 10.3. The van der Waals surface area contributed by atoms with Crippen molar-refractivity contribution in [3.63, 3.8) is 0 Å². The first-order chi connectivity index (χ1) is 6.18. The van der Waals surface area contributed by atoms with Crippen molar-refractivity contribution in [1.82, 2.24) is 9.97 Å². The standard InChI is InChI=1S/C9H15N3S/c1-7-5-11-9(12-6-7)13-4-3-8(2)10/h5-6,8H,3-4,10H2,1-2H3. The van der Waals surface area contributed by atoms with E-state index in [9.17, 15) is 0 Å². The van der Waals surface area contributed by atoms with Crippen molar-refractivity contribution in [2.75, 3.05) is 5.75 Å². The van der Waals surface area contributed by atoms with E-state index in [1.165, 1.54) is 0 Å². The summed E-state index contributed by atoms with van der Waals surface area (Å²) >= 11 is 1.66. The van der Waals surface area contributed by atoms with E-state index in [0.717, 1.165) is 22.9 Å². The summed E-state index contributed by atoms with van der Waals surface area (Å²) in [6, 6.07) is 0.262. The van der Waals surface area contributed by atoms with Gasteiger partial charge in [-0.25, -0.2) is 9.97 Å². The maximum atomic E-state index is 5.63. The second-order valence-corrected chi connectivity index (χ2v) is 4.22. The van der Waals surface area contributed by atoms with E-state index in [4.69, 9.17) is 5.73 Å². The van der Waals surface area contributed by atoms with E-state index in [2.05, 4.69) is 9.97 Å². The Balaban J connectivity index is 2.33. The molecule has 13 heavy (non-hydrogen) atoms. The minimum absolute atomic E-state index is 0.262. The number of hydrogen-bond donors (Lipinski definition) is 1. The zero-order valence-electron chi connectivity index (χ0n) is 8.03. The number of aryl methyl sites for hydroxylation is 1. The molecule has 0 aliphatic rings. The fraction of sp³-hybridized carbons (Fsp3) is 0.556. The molecule has 0 bridgehead atoms. The third-order valence-electron chi connectivity index (χ3n) is 1.56. The van der Waals surface area contributed by atoms with E-state index in [1.54, 1.807) is 11.8 Å². The first kappa shape index (κ1) is 10.5. The van der Waals surface area contributed by atoms with Crippen molar-refractivity contribution in [3.8, 4) is 0 Å². The fourth-order valence-electron chi connectivity index (χ4n) is 0.791. The monoisotopic (exact) mass is 197 g/mol. The lowest BCUT2D eigenvalue weighted by Crippen LogP contribution is -2.15. The summed E-state index contributed by atoms with van der Waals surface area (Å²) in [6.07, 6.45) is 4.67. The molecule has 1 unspecified atom stereocenters. The number of nitrogens with two attached hydrogens (primary N) is 1. The Labute approximate surface area is 83.2 Å². The smallest absolute Gasteiger partial charge is 0.187 e. The highest BCUT2D eigenvalue weighted by atomic mass is 32.2. The van der Waals surface area contributed by atoms with Crippen LogP contribution in [0.15, 0.2) is 17.6 Å². The number of nitrogens with zero attached hydrogens (tertiary/aromatic N) is 2. The van der Waals surface area contributed by atoms with Gasteiger partial charge in [0.15, 0.2) is 5.16 Å². The van der Waals surface area contributed by atoms with E-state index in [1.807, 2.05) is 26.2 Å². The molecule has 0 amide bonds. The van der Waals surface area contributed by atoms with Crippen molar-refractivity contribution >= 4 is 11.8 Å². The van der Waals surface area contributed by atoms with Gasteiger partial charge < -0.3 is 5.73 Å². The first-order valence-electron chi connectivity index (χ1n) is 4.35. The number of aromatic nitrogens is 2. The average molecular weight is 197 g/mol. The van der Waals surface area contributed by atoms with Gasteiger partial charge in [-0.3, -0.25) is 0 Å². The highest BCUT2D eigenvalue weighted by Gasteiger charge is 1.98. The highest BCUT2D eigenvalue weighted by Crippen LogP contribution is 2.13. The van der Waals surface area contributed by atoms with Crippen LogP contribution in [0, 0.1) is 6.92 Å². The molecule has 1 aromatic rings. The topological polar surface area (TPSA) is 51.8 Å².